The van der Waals surface area contributed by atoms with Crippen LogP contribution in [0.5, 0.6) is 0 Å². The number of hydrogen-bond acceptors (Lipinski definition) is 1. The van der Waals surface area contributed by atoms with Gasteiger partial charge in [0.25, 0.3) is 0 Å². The zero-order valence-corrected chi connectivity index (χ0v) is 6.82. The molecule has 10 heavy (non-hydrogen) atoms. The van der Waals surface area contributed by atoms with Crippen LogP contribution in [0.3, 0.4) is 0 Å². The van der Waals surface area contributed by atoms with E-state index in [9.17, 15) is 4.79 Å². The topological polar surface area (TPSA) is 29.1 Å². The van der Waals surface area contributed by atoms with Gasteiger partial charge in [0.15, 0.2) is 0 Å². The minimum absolute atomic E-state index is 0.0874. The molecule has 1 fully saturated rings. The standard InChI is InChI=1S/C7H12ClNO/c1-5-4-6(5)9-7(10)2-3-8/h5-6H,2-4H2,1H3,(H,9,10). The van der Waals surface area contributed by atoms with Crippen LogP contribution in [0.2, 0.25) is 0 Å². The van der Waals surface area contributed by atoms with Crippen LogP contribution in [0.25, 0.3) is 0 Å². The molecule has 0 spiro atoms. The minimum atomic E-state index is 0.0874. The fourth-order valence-electron chi connectivity index (χ4n) is 0.888. The summed E-state index contributed by atoms with van der Waals surface area (Å²) in [5, 5.41) is 2.88. The van der Waals surface area contributed by atoms with E-state index < -0.39 is 0 Å². The number of carbonyl (C=O) groups excluding carboxylic acids is 1. The van der Waals surface area contributed by atoms with Crippen LogP contribution >= 0.6 is 11.6 Å². The molecule has 0 aliphatic heterocycles. The maximum absolute atomic E-state index is 10.8. The predicted molar refractivity (Wildman–Crippen MR) is 41.0 cm³/mol. The molecule has 2 atom stereocenters. The molecule has 3 heteroatoms. The van der Waals surface area contributed by atoms with Crippen molar-refractivity contribution in [1.82, 2.24) is 5.32 Å². The van der Waals surface area contributed by atoms with Gasteiger partial charge in [0.2, 0.25) is 5.91 Å². The van der Waals surface area contributed by atoms with Gasteiger partial charge in [-0.05, 0) is 12.3 Å². The SMILES string of the molecule is CC1CC1NC(=O)CCCl. The summed E-state index contributed by atoms with van der Waals surface area (Å²) in [6.07, 6.45) is 1.58. The lowest BCUT2D eigenvalue weighted by molar-refractivity contribution is -0.120. The van der Waals surface area contributed by atoms with Crippen molar-refractivity contribution in [3.63, 3.8) is 0 Å². The molecule has 0 aromatic heterocycles. The van der Waals surface area contributed by atoms with E-state index in [0.717, 1.165) is 6.42 Å². The van der Waals surface area contributed by atoms with Crippen LogP contribution in [-0.4, -0.2) is 17.8 Å². The highest BCUT2D eigenvalue weighted by molar-refractivity contribution is 6.18. The summed E-state index contributed by atoms with van der Waals surface area (Å²) >= 11 is 5.38. The first-order chi connectivity index (χ1) is 4.74. The Bertz CT molecular complexity index is 138. The van der Waals surface area contributed by atoms with Gasteiger partial charge in [-0.25, -0.2) is 0 Å². The molecule has 0 radical (unpaired) electrons. The quantitative estimate of drug-likeness (QED) is 0.618. The fourth-order valence-corrected chi connectivity index (χ4v) is 1.06. The normalized spacial score (nSPS) is 29.8. The van der Waals surface area contributed by atoms with Gasteiger partial charge in [0.1, 0.15) is 0 Å². The Balaban J connectivity index is 2.07. The van der Waals surface area contributed by atoms with E-state index in [4.69, 9.17) is 11.6 Å². The van der Waals surface area contributed by atoms with Crippen LogP contribution < -0.4 is 5.32 Å². The van der Waals surface area contributed by atoms with Crippen LogP contribution in [0.4, 0.5) is 0 Å². The van der Waals surface area contributed by atoms with E-state index >= 15 is 0 Å². The molecule has 1 saturated carbocycles. The summed E-state index contributed by atoms with van der Waals surface area (Å²) in [6.45, 7) is 2.13. The second-order valence-corrected chi connectivity index (χ2v) is 3.20. The Labute approximate surface area is 65.9 Å². The highest BCUT2D eigenvalue weighted by atomic mass is 35.5. The Morgan fingerprint density at radius 3 is 2.80 bits per heavy atom. The highest BCUT2D eigenvalue weighted by Gasteiger charge is 2.33. The molecule has 58 valence electrons. The zero-order chi connectivity index (χ0) is 7.56. The van der Waals surface area contributed by atoms with E-state index in [2.05, 4.69) is 12.2 Å². The third-order valence-corrected chi connectivity index (χ3v) is 1.97. The van der Waals surface area contributed by atoms with Crippen LogP contribution in [0, 0.1) is 5.92 Å². The molecule has 1 amide bonds. The lowest BCUT2D eigenvalue weighted by Crippen LogP contribution is -2.26. The largest absolute Gasteiger partial charge is 0.353 e. The number of alkyl halides is 1. The average Bonchev–Trinajstić information content (AvgIpc) is 2.47. The number of rotatable bonds is 3. The number of hydrogen-bond donors (Lipinski definition) is 1. The van der Waals surface area contributed by atoms with E-state index in [1.807, 2.05) is 0 Å². The van der Waals surface area contributed by atoms with Crippen LogP contribution in [0.15, 0.2) is 0 Å². The van der Waals surface area contributed by atoms with Crippen molar-refractivity contribution < 1.29 is 4.79 Å². The molecular weight excluding hydrogens is 150 g/mol. The van der Waals surface area contributed by atoms with Gasteiger partial charge in [0, 0.05) is 18.3 Å². The molecule has 0 saturated heterocycles. The van der Waals surface area contributed by atoms with Gasteiger partial charge in [-0.15, -0.1) is 11.6 Å². The second-order valence-electron chi connectivity index (χ2n) is 2.83. The lowest BCUT2D eigenvalue weighted by atomic mass is 10.4. The molecule has 2 nitrogen and oxygen atoms in total. The Morgan fingerprint density at radius 1 is 1.80 bits per heavy atom. The molecule has 0 heterocycles. The van der Waals surface area contributed by atoms with E-state index in [0.29, 0.717) is 24.3 Å². The van der Waals surface area contributed by atoms with Gasteiger partial charge in [0.05, 0.1) is 0 Å². The summed E-state index contributed by atoms with van der Waals surface area (Å²) in [5.41, 5.74) is 0. The van der Waals surface area contributed by atoms with Crippen LogP contribution in [-0.2, 0) is 4.79 Å². The van der Waals surface area contributed by atoms with Crippen molar-refractivity contribution in [2.24, 2.45) is 5.92 Å². The third-order valence-electron chi connectivity index (χ3n) is 1.78. The van der Waals surface area contributed by atoms with Gasteiger partial charge in [-0.3, -0.25) is 4.79 Å². The minimum Gasteiger partial charge on any atom is -0.353 e. The molecule has 1 aliphatic rings. The first-order valence-corrected chi connectivity index (χ1v) is 4.13. The van der Waals surface area contributed by atoms with Crippen molar-refractivity contribution in [3.8, 4) is 0 Å². The highest BCUT2D eigenvalue weighted by Crippen LogP contribution is 2.28. The van der Waals surface area contributed by atoms with Crippen molar-refractivity contribution in [2.75, 3.05) is 5.88 Å². The van der Waals surface area contributed by atoms with Gasteiger partial charge >= 0.3 is 0 Å². The summed E-state index contributed by atoms with van der Waals surface area (Å²) in [5.74, 6) is 1.19. The van der Waals surface area contributed by atoms with Gasteiger partial charge < -0.3 is 5.32 Å². The molecule has 2 unspecified atom stereocenters. The first kappa shape index (κ1) is 7.86. The van der Waals surface area contributed by atoms with E-state index in [1.165, 1.54) is 0 Å². The van der Waals surface area contributed by atoms with Crippen molar-refractivity contribution >= 4 is 17.5 Å². The second kappa shape index (κ2) is 3.24. The van der Waals surface area contributed by atoms with Gasteiger partial charge in [-0.2, -0.15) is 0 Å². The first-order valence-electron chi connectivity index (χ1n) is 3.59. The zero-order valence-electron chi connectivity index (χ0n) is 6.06. The maximum atomic E-state index is 10.8. The fraction of sp³-hybridized carbons (Fsp3) is 0.857. The van der Waals surface area contributed by atoms with E-state index in [-0.39, 0.29) is 5.91 Å². The number of amides is 1. The maximum Gasteiger partial charge on any atom is 0.221 e. The molecule has 1 N–H and O–H groups in total. The number of halogens is 1. The van der Waals surface area contributed by atoms with Crippen LogP contribution in [0.1, 0.15) is 19.8 Å². The van der Waals surface area contributed by atoms with Crippen molar-refractivity contribution in [2.45, 2.75) is 25.8 Å². The lowest BCUT2D eigenvalue weighted by Gasteiger charge is -1.99. The van der Waals surface area contributed by atoms with E-state index in [1.54, 1.807) is 0 Å². The molecular formula is C7H12ClNO. The predicted octanol–water partition coefficient (Wildman–Crippen LogP) is 1.14. The summed E-state index contributed by atoms with van der Waals surface area (Å²) in [4.78, 5) is 10.8. The number of nitrogens with one attached hydrogen (secondary N) is 1. The summed E-state index contributed by atoms with van der Waals surface area (Å²) < 4.78 is 0. The number of carbonyl (C=O) groups is 1. The monoisotopic (exact) mass is 161 g/mol. The Kier molecular flexibility index (Phi) is 2.55. The average molecular weight is 162 g/mol. The molecule has 1 aliphatic carbocycles. The third kappa shape index (κ3) is 2.18. The molecule has 0 aromatic carbocycles. The van der Waals surface area contributed by atoms with Gasteiger partial charge in [-0.1, -0.05) is 6.92 Å². The molecule has 1 rings (SSSR count). The summed E-state index contributed by atoms with van der Waals surface area (Å²) in [6, 6.07) is 0.440. The van der Waals surface area contributed by atoms with Crippen molar-refractivity contribution in [3.05, 3.63) is 0 Å². The Morgan fingerprint density at radius 2 is 2.40 bits per heavy atom. The Hall–Kier alpha value is -0.240. The van der Waals surface area contributed by atoms with Crippen molar-refractivity contribution in [1.29, 1.82) is 0 Å². The smallest absolute Gasteiger partial charge is 0.221 e. The molecule has 0 bridgehead atoms. The summed E-state index contributed by atoms with van der Waals surface area (Å²) in [7, 11) is 0. The molecule has 0 aromatic rings.